The third-order valence-corrected chi connectivity index (χ3v) is 23.0. The number of H-pyrrole nitrogens is 3. The number of anilines is 1. The molecular weight excluding hydrogens is 1680 g/mol. The third kappa shape index (κ3) is 25.5. The molecule has 0 unspecified atom stereocenters. The first kappa shape index (κ1) is 104. The lowest BCUT2D eigenvalue weighted by Gasteiger charge is -2.10. The minimum absolute atomic E-state index is 0.00380. The molecule has 0 fully saturated rings. The van der Waals surface area contributed by atoms with E-state index in [4.69, 9.17) is 35.2 Å². The smallest absolute Gasteiger partial charge is 0.332 e. The predicted molar refractivity (Wildman–Crippen MR) is 496 cm³/mol. The molecule has 0 bridgehead atoms. The Morgan fingerprint density at radius 3 is 0.862 bits per heavy atom. The summed E-state index contributed by atoms with van der Waals surface area (Å²) in [6, 6.07) is 4.36. The summed E-state index contributed by atoms with van der Waals surface area (Å²) in [5.41, 5.74) is 6.36. The van der Waals surface area contributed by atoms with Gasteiger partial charge in [0.1, 0.15) is 22.7 Å². The highest BCUT2D eigenvalue weighted by molar-refractivity contribution is 5.74. The van der Waals surface area contributed by atoms with Gasteiger partial charge in [-0.05, 0) is 151 Å². The molecule has 0 saturated heterocycles. The van der Waals surface area contributed by atoms with E-state index >= 15 is 0 Å². The van der Waals surface area contributed by atoms with Crippen molar-refractivity contribution in [2.24, 2.45) is 81.0 Å². The number of nitriles is 2. The number of nitrogens with two attached hydrogens (primary N) is 1. The molecule has 0 saturated carbocycles. The average Bonchev–Trinajstić information content (AvgIpc) is 1.54. The molecule has 0 aliphatic rings. The molecule has 0 aromatic carbocycles. The van der Waals surface area contributed by atoms with Gasteiger partial charge in [-0.1, -0.05) is 12.8 Å². The maximum absolute atomic E-state index is 12.5. The van der Waals surface area contributed by atoms with Gasteiger partial charge in [-0.3, -0.25) is 83.6 Å². The molecule has 0 aliphatic carbocycles. The molecule has 12 aromatic rings. The Morgan fingerprint density at radius 1 is 0.354 bits per heavy atom. The Hall–Kier alpha value is -12.6. The first-order chi connectivity index (χ1) is 61.9. The minimum atomic E-state index is -0.354. The number of fused-ring (bicyclic) bond motifs is 6. The van der Waals surface area contributed by atoms with E-state index in [1.165, 1.54) is 67.5 Å². The van der Waals surface area contributed by atoms with Crippen molar-refractivity contribution >= 4 is 72.9 Å². The normalized spacial score (nSPS) is 12.7. The molecule has 0 amide bonds. The second-order valence-electron chi connectivity index (χ2n) is 32.6. The molecule has 45 heteroatoms. The van der Waals surface area contributed by atoms with Gasteiger partial charge in [0.25, 0.3) is 33.4 Å². The van der Waals surface area contributed by atoms with Crippen LogP contribution in [0.5, 0.6) is 0 Å². The van der Waals surface area contributed by atoms with Crippen LogP contribution in [-0.2, 0) is 135 Å². The summed E-state index contributed by atoms with van der Waals surface area (Å²) in [4.78, 5) is 182. The van der Waals surface area contributed by atoms with E-state index in [2.05, 4.69) is 67.6 Å². The quantitative estimate of drug-likeness (QED) is 0.0302. The summed E-state index contributed by atoms with van der Waals surface area (Å²) in [7, 11) is 25.2. The van der Waals surface area contributed by atoms with E-state index < -0.39 is 0 Å². The standard InChI is InChI=1S/C15H25N5O3.2C14H23N5O3.2C14H19N5O2.C14H22N4O3/c1-10(23-4)7-5-6-8-20-14(21)12-13(19(3)15(20)22)18-11(17-12)9-16-2;1-9(22-4)7-5-6-8-19-12(20)10-11(18(3)14(19)21)17-13(15-2)16-10;1-9(22-3)6-4-5-7-19-13(20)11-12(18(2)14(19)21)17-10(8-15)16-11;2*1-10(8-15)6-4-5-7-19-13(20)11-12(16-9-17(11)2)18(3)14(19)21;1-10(21-4)7-5-6-8-18-13(19)11-12(15-9-16(11)2)17(3)14(18)20/h10,16H,5-9H2,1-4H3,(H,17,18);9H,5-8H2,1-4H3,(H2,15,16,17);9H,4-8,15H2,1-3H3,(H,16,17);2*9-10H,4-7H2,1-3H3;9-10H,5-8H2,1-4H3/t10-;2*9-;3*10-/m111100/s1. The van der Waals surface area contributed by atoms with Gasteiger partial charge in [0.05, 0.1) is 68.6 Å². The van der Waals surface area contributed by atoms with Crippen LogP contribution in [0.15, 0.2) is 76.5 Å². The lowest BCUT2D eigenvalue weighted by Crippen LogP contribution is -2.39. The first-order valence-corrected chi connectivity index (χ1v) is 43.7. The fraction of sp³-hybridized carbons (Fsp3) is 0.624. The molecule has 0 aliphatic heterocycles. The van der Waals surface area contributed by atoms with Gasteiger partial charge in [0.2, 0.25) is 5.95 Å². The van der Waals surface area contributed by atoms with E-state index in [1.54, 1.807) is 126 Å². The SMILES string of the molecule is CNCc1nc2c([nH]1)c(=O)n(CCCC[C@@H](C)OC)c(=O)n2C.CNc1nc2c([nH]1)c(=O)n(CCCC[C@@H](C)OC)c(=O)n2C.CO[C@@H](C)CCCCn1c(=O)c2c(ncn2C)n(C)c1=O.CO[C@H](C)CCCCn1c(=O)c2[nH]c(CN)nc2n(C)c1=O.C[C@@H](C#N)CCCCn1c(=O)c2c(ncn2C)n(C)c1=O.C[C@H](C#N)CCCCn1c(=O)c2c(ncn2C)n(C)c1=O. The zero-order valence-corrected chi connectivity index (χ0v) is 79.0. The predicted octanol–water partition coefficient (Wildman–Crippen LogP) is 3.27. The number of ether oxygens (including phenoxy) is 4. The number of imidazole rings is 6. The summed E-state index contributed by atoms with van der Waals surface area (Å²) in [6.07, 6.45) is 20.2. The summed E-state index contributed by atoms with van der Waals surface area (Å²) in [5.74, 6) is 1.61. The van der Waals surface area contributed by atoms with Gasteiger partial charge in [-0.25, -0.2) is 53.7 Å². The second kappa shape index (κ2) is 49.3. The van der Waals surface area contributed by atoms with Crippen LogP contribution in [0, 0.1) is 34.5 Å². The maximum atomic E-state index is 12.5. The van der Waals surface area contributed by atoms with Crippen molar-refractivity contribution in [2.45, 2.75) is 234 Å². The number of hydrogen-bond acceptors (Lipinski definition) is 27. The van der Waals surface area contributed by atoms with E-state index in [0.29, 0.717) is 143 Å². The zero-order chi connectivity index (χ0) is 96.2. The van der Waals surface area contributed by atoms with E-state index in [-0.39, 0.29) is 110 Å². The van der Waals surface area contributed by atoms with Gasteiger partial charge in [0.15, 0.2) is 55.9 Å². The number of aromatic amines is 3. The van der Waals surface area contributed by atoms with Crippen molar-refractivity contribution in [3.05, 3.63) is 156 Å². The molecule has 130 heavy (non-hydrogen) atoms. The van der Waals surface area contributed by atoms with Crippen LogP contribution in [0.2, 0.25) is 0 Å². The van der Waals surface area contributed by atoms with E-state index in [1.807, 2.05) is 41.5 Å². The number of nitrogens with zero attached hydrogens (tertiary/aromatic N) is 23. The topological polar surface area (TPSA) is 538 Å². The number of rotatable bonds is 38. The molecule has 0 spiro atoms. The molecule has 7 N–H and O–H groups in total. The fourth-order valence-corrected chi connectivity index (χ4v) is 14.5. The highest BCUT2D eigenvalue weighted by atomic mass is 16.5. The molecule has 6 atom stereocenters. The number of aromatic nitrogens is 24. The summed E-state index contributed by atoms with van der Waals surface area (Å²) < 4.78 is 41.7. The molecular formula is C85H131N29O16. The van der Waals surface area contributed by atoms with Crippen LogP contribution in [0.25, 0.3) is 67.0 Å². The fourth-order valence-electron chi connectivity index (χ4n) is 14.5. The van der Waals surface area contributed by atoms with E-state index in [0.717, 1.165) is 103 Å². The summed E-state index contributed by atoms with van der Waals surface area (Å²) in [5, 5.41) is 23.3. The number of hydrogen-bond donors (Lipinski definition) is 6. The lowest BCUT2D eigenvalue weighted by molar-refractivity contribution is 0.108. The number of methoxy groups -OCH3 is 4. The number of unbranched alkanes of at least 4 members (excludes halogenated alkanes) is 6. The Morgan fingerprint density at radius 2 is 0.600 bits per heavy atom. The van der Waals surface area contributed by atoms with Crippen molar-refractivity contribution in [1.29, 1.82) is 10.5 Å². The van der Waals surface area contributed by atoms with Crippen LogP contribution in [0.1, 0.15) is 169 Å². The summed E-state index contributed by atoms with van der Waals surface area (Å²) >= 11 is 0. The molecule has 12 aromatic heterocycles. The zero-order valence-electron chi connectivity index (χ0n) is 79.0. The van der Waals surface area contributed by atoms with Gasteiger partial charge in [-0.15, -0.1) is 0 Å². The Kier molecular flexibility index (Phi) is 39.6. The monoisotopic (exact) mass is 1810 g/mol. The molecule has 45 nitrogen and oxygen atoms in total. The first-order valence-electron chi connectivity index (χ1n) is 43.7. The van der Waals surface area contributed by atoms with Crippen LogP contribution in [-0.4, -0.2) is 180 Å². The van der Waals surface area contributed by atoms with Crippen molar-refractivity contribution in [1.82, 2.24) is 119 Å². The van der Waals surface area contributed by atoms with Crippen molar-refractivity contribution < 1.29 is 18.9 Å². The van der Waals surface area contributed by atoms with Crippen molar-refractivity contribution in [2.75, 3.05) is 47.9 Å². The molecule has 0 radical (unpaired) electrons. The molecule has 712 valence electrons. The Balaban J connectivity index is 0.000000213. The Labute approximate surface area is 748 Å². The number of nitrogens with one attached hydrogen (secondary N) is 5. The van der Waals surface area contributed by atoms with Crippen LogP contribution >= 0.6 is 0 Å². The van der Waals surface area contributed by atoms with Gasteiger partial charge in [0, 0.05) is 150 Å². The van der Waals surface area contributed by atoms with Crippen molar-refractivity contribution in [3.8, 4) is 12.1 Å². The van der Waals surface area contributed by atoms with Gasteiger partial charge < -0.3 is 64.0 Å². The highest BCUT2D eigenvalue weighted by Crippen LogP contribution is 2.16. The minimum Gasteiger partial charge on any atom is -0.382 e. The van der Waals surface area contributed by atoms with Gasteiger partial charge in [-0.2, -0.15) is 15.5 Å². The third-order valence-electron chi connectivity index (χ3n) is 23.0. The lowest BCUT2D eigenvalue weighted by atomic mass is 10.1. The maximum Gasteiger partial charge on any atom is 0.332 e. The molecule has 12 heterocycles. The number of aryl methyl sites for hydroxylation is 9. The Bertz CT molecular complexity index is 6430. The highest BCUT2D eigenvalue weighted by Gasteiger charge is 2.23. The van der Waals surface area contributed by atoms with Crippen LogP contribution < -0.4 is 83.9 Å². The van der Waals surface area contributed by atoms with E-state index in [9.17, 15) is 57.5 Å². The average molecular weight is 1820 g/mol. The van der Waals surface area contributed by atoms with Crippen LogP contribution in [0.3, 0.4) is 0 Å². The van der Waals surface area contributed by atoms with Crippen LogP contribution in [0.4, 0.5) is 5.95 Å². The van der Waals surface area contributed by atoms with Gasteiger partial charge >= 0.3 is 34.1 Å². The summed E-state index contributed by atoms with van der Waals surface area (Å²) in [6.45, 7) is 14.8. The molecule has 12 rings (SSSR count). The second-order valence-corrected chi connectivity index (χ2v) is 32.6. The van der Waals surface area contributed by atoms with Crippen molar-refractivity contribution in [3.63, 3.8) is 0 Å². The largest absolute Gasteiger partial charge is 0.382 e.